The molecule has 140 valence electrons. The second kappa shape index (κ2) is 6.66. The number of carbonyl (C=O) groups excluding carboxylic acids is 1. The van der Waals surface area contributed by atoms with Gasteiger partial charge >= 0.3 is 6.09 Å². The molecule has 2 atom stereocenters. The number of benzene rings is 2. The molecule has 2 aromatic carbocycles. The molecule has 27 heavy (non-hydrogen) atoms. The molecule has 5 nitrogen and oxygen atoms in total. The second-order valence-corrected chi connectivity index (χ2v) is 7.76. The molecule has 2 bridgehead atoms. The quantitative estimate of drug-likeness (QED) is 0.889. The molecule has 2 fully saturated rings. The molecule has 3 aliphatic rings. The van der Waals surface area contributed by atoms with Crippen molar-refractivity contribution in [3.8, 4) is 11.1 Å². The Morgan fingerprint density at radius 2 is 1.56 bits per heavy atom. The smallest absolute Gasteiger partial charge is 0.409 e. The molecule has 1 amide bonds. The van der Waals surface area contributed by atoms with Gasteiger partial charge in [0.25, 0.3) is 0 Å². The van der Waals surface area contributed by atoms with Gasteiger partial charge in [-0.15, -0.1) is 0 Å². The number of piperidine rings is 1. The summed E-state index contributed by atoms with van der Waals surface area (Å²) in [6.07, 6.45) is -0.669. The van der Waals surface area contributed by atoms with Crippen LogP contribution in [-0.4, -0.2) is 55.1 Å². The van der Waals surface area contributed by atoms with E-state index in [4.69, 9.17) is 9.47 Å². The predicted molar refractivity (Wildman–Crippen MR) is 100 cm³/mol. The number of fused-ring (bicyclic) bond motifs is 5. The van der Waals surface area contributed by atoms with Gasteiger partial charge in [-0.1, -0.05) is 48.5 Å². The Hall–Kier alpha value is -2.37. The maximum atomic E-state index is 12.7. The summed E-state index contributed by atoms with van der Waals surface area (Å²) in [6.45, 7) is 2.33. The number of hydrogen-bond acceptors (Lipinski definition) is 4. The molecular weight excluding hydrogens is 342 g/mol. The first-order chi connectivity index (χ1) is 13.2. The highest BCUT2D eigenvalue weighted by molar-refractivity contribution is 5.79. The van der Waals surface area contributed by atoms with E-state index in [0.29, 0.717) is 32.9 Å². The Balaban J connectivity index is 1.31. The Morgan fingerprint density at radius 1 is 1.00 bits per heavy atom. The highest BCUT2D eigenvalue weighted by Crippen LogP contribution is 2.44. The van der Waals surface area contributed by atoms with Gasteiger partial charge in [-0.3, -0.25) is 0 Å². The molecule has 2 heterocycles. The highest BCUT2D eigenvalue weighted by atomic mass is 16.6. The van der Waals surface area contributed by atoms with Crippen LogP contribution in [0.3, 0.4) is 0 Å². The lowest BCUT2D eigenvalue weighted by atomic mass is 9.85. The monoisotopic (exact) mass is 365 g/mol. The number of likely N-dealkylation sites (tertiary alicyclic amines) is 1. The lowest BCUT2D eigenvalue weighted by molar-refractivity contribution is -0.119. The molecule has 1 N–H and O–H groups in total. The van der Waals surface area contributed by atoms with Gasteiger partial charge in [-0.05, 0) is 22.3 Å². The molecule has 5 rings (SSSR count). The van der Waals surface area contributed by atoms with Gasteiger partial charge in [0.05, 0.1) is 19.3 Å². The van der Waals surface area contributed by atoms with Crippen LogP contribution in [0, 0.1) is 11.8 Å². The first-order valence-electron chi connectivity index (χ1n) is 9.58. The number of rotatable bonds is 2. The van der Waals surface area contributed by atoms with Crippen molar-refractivity contribution in [1.82, 2.24) is 4.90 Å². The van der Waals surface area contributed by atoms with Crippen molar-refractivity contribution >= 4 is 6.09 Å². The van der Waals surface area contributed by atoms with Gasteiger partial charge in [0.1, 0.15) is 6.61 Å². The van der Waals surface area contributed by atoms with Crippen LogP contribution in [0.4, 0.5) is 4.79 Å². The first kappa shape index (κ1) is 16.8. The number of aliphatic hydroxyl groups excluding tert-OH is 1. The molecule has 5 heteroatoms. The average Bonchev–Trinajstić information content (AvgIpc) is 3.00. The highest BCUT2D eigenvalue weighted by Gasteiger charge is 2.41. The summed E-state index contributed by atoms with van der Waals surface area (Å²) in [5, 5.41) is 10.3. The molecule has 2 aliphatic heterocycles. The SMILES string of the molecule is O=C(OCC1c2ccccc2-c2ccccc21)N1CC2COCC(C1)C2O. The van der Waals surface area contributed by atoms with Crippen molar-refractivity contribution in [2.75, 3.05) is 32.9 Å². The van der Waals surface area contributed by atoms with Crippen LogP contribution in [0.15, 0.2) is 48.5 Å². The van der Waals surface area contributed by atoms with Crippen molar-refractivity contribution in [1.29, 1.82) is 0 Å². The number of ether oxygens (including phenoxy) is 2. The summed E-state index contributed by atoms with van der Waals surface area (Å²) < 4.78 is 11.3. The van der Waals surface area contributed by atoms with Crippen LogP contribution >= 0.6 is 0 Å². The lowest BCUT2D eigenvalue weighted by Gasteiger charge is -2.44. The molecule has 2 saturated heterocycles. The fourth-order valence-electron chi connectivity index (χ4n) is 4.75. The molecule has 0 aromatic heterocycles. The summed E-state index contributed by atoms with van der Waals surface area (Å²) in [4.78, 5) is 14.4. The third kappa shape index (κ3) is 2.82. The summed E-state index contributed by atoms with van der Waals surface area (Å²) in [7, 11) is 0. The molecule has 2 unspecified atom stereocenters. The Morgan fingerprint density at radius 3 is 2.15 bits per heavy atom. The fourth-order valence-corrected chi connectivity index (χ4v) is 4.75. The number of carbonyl (C=O) groups is 1. The van der Waals surface area contributed by atoms with Crippen LogP contribution in [0.2, 0.25) is 0 Å². The maximum absolute atomic E-state index is 12.7. The van der Waals surface area contributed by atoms with Crippen LogP contribution < -0.4 is 0 Å². The zero-order valence-corrected chi connectivity index (χ0v) is 15.1. The van der Waals surface area contributed by atoms with Gasteiger partial charge in [0.2, 0.25) is 0 Å². The van der Waals surface area contributed by atoms with E-state index in [1.807, 2.05) is 24.3 Å². The third-order valence-electron chi connectivity index (χ3n) is 6.13. The molecule has 0 saturated carbocycles. The number of aliphatic hydroxyl groups is 1. The average molecular weight is 365 g/mol. The van der Waals surface area contributed by atoms with Gasteiger partial charge in [0.15, 0.2) is 0 Å². The Bertz CT molecular complexity index is 807. The molecule has 2 aromatic rings. The van der Waals surface area contributed by atoms with Gasteiger partial charge in [-0.2, -0.15) is 0 Å². The van der Waals surface area contributed by atoms with E-state index < -0.39 is 0 Å². The number of nitrogens with zero attached hydrogens (tertiary/aromatic N) is 1. The summed E-state index contributed by atoms with van der Waals surface area (Å²) in [6, 6.07) is 16.7. The van der Waals surface area contributed by atoms with Gasteiger partial charge in [-0.25, -0.2) is 4.79 Å². The normalized spacial score (nSPS) is 26.4. The van der Waals surface area contributed by atoms with Gasteiger partial charge < -0.3 is 19.5 Å². The lowest BCUT2D eigenvalue weighted by Crippen LogP contribution is -2.56. The molecule has 0 spiro atoms. The zero-order valence-electron chi connectivity index (χ0n) is 15.1. The predicted octanol–water partition coefficient (Wildman–Crippen LogP) is 2.87. The Kier molecular flexibility index (Phi) is 4.14. The van der Waals surface area contributed by atoms with Crippen LogP contribution in [0.25, 0.3) is 11.1 Å². The Labute approximate surface area is 158 Å². The minimum Gasteiger partial charge on any atom is -0.448 e. The molecule has 1 aliphatic carbocycles. The number of hydrogen-bond donors (Lipinski definition) is 1. The van der Waals surface area contributed by atoms with Crippen molar-refractivity contribution in [3.05, 3.63) is 59.7 Å². The minimum atomic E-state index is -0.378. The van der Waals surface area contributed by atoms with E-state index in [1.165, 1.54) is 22.3 Å². The zero-order chi connectivity index (χ0) is 18.4. The summed E-state index contributed by atoms with van der Waals surface area (Å²) in [5.41, 5.74) is 4.88. The van der Waals surface area contributed by atoms with E-state index in [-0.39, 0.29) is 30.0 Å². The van der Waals surface area contributed by atoms with Gasteiger partial charge in [0, 0.05) is 30.8 Å². The van der Waals surface area contributed by atoms with Crippen LogP contribution in [0.1, 0.15) is 17.0 Å². The van der Waals surface area contributed by atoms with Crippen LogP contribution in [-0.2, 0) is 9.47 Å². The largest absolute Gasteiger partial charge is 0.448 e. The van der Waals surface area contributed by atoms with Crippen molar-refractivity contribution in [2.45, 2.75) is 12.0 Å². The van der Waals surface area contributed by atoms with E-state index in [1.54, 1.807) is 4.90 Å². The maximum Gasteiger partial charge on any atom is 0.409 e. The summed E-state index contributed by atoms with van der Waals surface area (Å²) in [5.74, 6) is 0.0375. The molecule has 0 radical (unpaired) electrons. The van der Waals surface area contributed by atoms with E-state index >= 15 is 0 Å². The molecular formula is C22H23NO4. The number of amides is 1. The fraction of sp³-hybridized carbons (Fsp3) is 0.409. The van der Waals surface area contributed by atoms with Crippen molar-refractivity contribution in [2.24, 2.45) is 11.8 Å². The standard InChI is InChI=1S/C22H23NO4/c24-21-14-9-23(10-15(21)12-26-11-14)22(25)27-13-20-18-7-3-1-5-16(18)17-6-2-4-8-19(17)20/h1-8,14-15,20-21,24H,9-13H2. The topological polar surface area (TPSA) is 59.0 Å². The van der Waals surface area contributed by atoms with E-state index in [9.17, 15) is 9.90 Å². The third-order valence-corrected chi connectivity index (χ3v) is 6.13. The van der Waals surface area contributed by atoms with Crippen LogP contribution in [0.5, 0.6) is 0 Å². The van der Waals surface area contributed by atoms with E-state index in [0.717, 1.165) is 0 Å². The van der Waals surface area contributed by atoms with Crippen molar-refractivity contribution < 1.29 is 19.4 Å². The first-order valence-corrected chi connectivity index (χ1v) is 9.58. The van der Waals surface area contributed by atoms with Crippen molar-refractivity contribution in [3.63, 3.8) is 0 Å². The second-order valence-electron chi connectivity index (χ2n) is 7.76. The minimum absolute atomic E-state index is 0.0158. The summed E-state index contributed by atoms with van der Waals surface area (Å²) >= 11 is 0. The van der Waals surface area contributed by atoms with E-state index in [2.05, 4.69) is 24.3 Å².